The number of aromatic nitrogens is 2. The van der Waals surface area contributed by atoms with E-state index in [1.807, 2.05) is 19.1 Å². The number of H-pyrrole nitrogens is 1. The topological polar surface area (TPSA) is 55.5 Å². The van der Waals surface area contributed by atoms with Gasteiger partial charge in [-0.2, -0.15) is 5.01 Å². The van der Waals surface area contributed by atoms with Crippen LogP contribution in [0, 0.1) is 0 Å². The SMILES string of the molecule is CCc1cc2ncc(CN3CCN(N(F)F)CC3)cc2[nH]c1=O. The maximum absolute atomic E-state index is 12.4. The van der Waals surface area contributed by atoms with Crippen molar-refractivity contribution >= 4 is 11.0 Å². The fourth-order valence-electron chi connectivity index (χ4n) is 2.82. The third-order valence-corrected chi connectivity index (χ3v) is 4.18. The Hall–Kier alpha value is -1.90. The Kier molecular flexibility index (Phi) is 4.65. The van der Waals surface area contributed by atoms with Crippen LogP contribution >= 0.6 is 0 Å². The zero-order chi connectivity index (χ0) is 16.4. The van der Waals surface area contributed by atoms with Crippen LogP contribution in [0.4, 0.5) is 8.96 Å². The zero-order valence-electron chi connectivity index (χ0n) is 12.9. The molecule has 1 aliphatic heterocycles. The summed E-state index contributed by atoms with van der Waals surface area (Å²) in [6.07, 6.45) is 2.45. The number of piperazine rings is 1. The van der Waals surface area contributed by atoms with Crippen molar-refractivity contribution in [3.63, 3.8) is 0 Å². The summed E-state index contributed by atoms with van der Waals surface area (Å²) in [5.74, 6) is 0. The van der Waals surface area contributed by atoms with Crippen LogP contribution in [-0.2, 0) is 13.0 Å². The quantitative estimate of drug-likeness (QED) is 0.866. The van der Waals surface area contributed by atoms with Crippen molar-refractivity contribution in [3.8, 4) is 0 Å². The lowest BCUT2D eigenvalue weighted by molar-refractivity contribution is -0.307. The van der Waals surface area contributed by atoms with Gasteiger partial charge in [0.05, 0.1) is 16.5 Å². The van der Waals surface area contributed by atoms with Crippen molar-refractivity contribution in [2.45, 2.75) is 19.9 Å². The molecule has 0 amide bonds. The maximum atomic E-state index is 12.4. The van der Waals surface area contributed by atoms with Crippen LogP contribution in [0.15, 0.2) is 23.1 Å². The Morgan fingerprint density at radius 2 is 2.00 bits per heavy atom. The summed E-state index contributed by atoms with van der Waals surface area (Å²) < 4.78 is 24.9. The van der Waals surface area contributed by atoms with Crippen LogP contribution in [0.5, 0.6) is 0 Å². The smallest absolute Gasteiger partial charge is 0.251 e. The molecule has 0 unspecified atom stereocenters. The first-order chi connectivity index (χ1) is 11.1. The van der Waals surface area contributed by atoms with E-state index >= 15 is 0 Å². The minimum Gasteiger partial charge on any atom is -0.320 e. The Morgan fingerprint density at radius 1 is 1.26 bits per heavy atom. The van der Waals surface area contributed by atoms with Gasteiger partial charge >= 0.3 is 0 Å². The molecule has 0 radical (unpaired) electrons. The van der Waals surface area contributed by atoms with E-state index in [4.69, 9.17) is 0 Å². The number of pyridine rings is 2. The summed E-state index contributed by atoms with van der Waals surface area (Å²) in [4.78, 5) is 21.3. The number of aromatic amines is 1. The number of hydrazine groups is 1. The number of rotatable bonds is 4. The average Bonchev–Trinajstić information content (AvgIpc) is 2.54. The number of aryl methyl sites for hydroxylation is 1. The Balaban J connectivity index is 1.73. The molecular formula is C15H19F2N5O. The second kappa shape index (κ2) is 6.69. The molecule has 0 spiro atoms. The van der Waals surface area contributed by atoms with Crippen LogP contribution < -0.4 is 5.56 Å². The van der Waals surface area contributed by atoms with Gasteiger partial charge in [0, 0.05) is 44.5 Å². The normalized spacial score (nSPS) is 17.2. The minimum absolute atomic E-state index is 0.0847. The van der Waals surface area contributed by atoms with Gasteiger partial charge in [0.2, 0.25) is 0 Å². The molecule has 0 aliphatic carbocycles. The number of nitrogens with one attached hydrogen (secondary N) is 1. The van der Waals surface area contributed by atoms with Crippen LogP contribution in [0.3, 0.4) is 0 Å². The second-order valence-electron chi connectivity index (χ2n) is 5.70. The zero-order valence-corrected chi connectivity index (χ0v) is 12.9. The fourth-order valence-corrected chi connectivity index (χ4v) is 2.82. The average molecular weight is 323 g/mol. The maximum Gasteiger partial charge on any atom is 0.251 e. The molecule has 1 aliphatic rings. The molecule has 0 saturated carbocycles. The van der Waals surface area contributed by atoms with E-state index in [2.05, 4.69) is 14.9 Å². The van der Waals surface area contributed by atoms with Gasteiger partial charge in [0.15, 0.2) is 0 Å². The van der Waals surface area contributed by atoms with Crippen LogP contribution in [0.25, 0.3) is 11.0 Å². The monoisotopic (exact) mass is 323 g/mol. The number of halogens is 2. The highest BCUT2D eigenvalue weighted by Crippen LogP contribution is 2.14. The van der Waals surface area contributed by atoms with Gasteiger partial charge in [0.1, 0.15) is 0 Å². The van der Waals surface area contributed by atoms with E-state index in [0.717, 1.165) is 21.7 Å². The van der Waals surface area contributed by atoms with E-state index in [9.17, 15) is 13.8 Å². The Morgan fingerprint density at radius 3 is 2.65 bits per heavy atom. The number of hydrogen-bond donors (Lipinski definition) is 1. The highest BCUT2D eigenvalue weighted by molar-refractivity contribution is 5.74. The molecule has 124 valence electrons. The van der Waals surface area contributed by atoms with E-state index in [0.29, 0.717) is 44.7 Å². The largest absolute Gasteiger partial charge is 0.320 e. The van der Waals surface area contributed by atoms with Crippen LogP contribution in [0.1, 0.15) is 18.1 Å². The van der Waals surface area contributed by atoms with Gasteiger partial charge in [-0.1, -0.05) is 15.9 Å². The highest BCUT2D eigenvalue weighted by Gasteiger charge is 2.22. The summed E-state index contributed by atoms with van der Waals surface area (Å²) in [5, 5.41) is 1.01. The summed E-state index contributed by atoms with van der Waals surface area (Å²) in [6, 6.07) is 3.72. The first-order valence-corrected chi connectivity index (χ1v) is 7.66. The van der Waals surface area contributed by atoms with Crippen molar-refractivity contribution in [1.82, 2.24) is 25.3 Å². The molecule has 1 fully saturated rings. The molecule has 0 bridgehead atoms. The third kappa shape index (κ3) is 3.54. The molecule has 0 aromatic carbocycles. The summed E-state index contributed by atoms with van der Waals surface area (Å²) in [5.41, 5.74) is 2.23. The van der Waals surface area contributed by atoms with E-state index in [1.165, 1.54) is 0 Å². The van der Waals surface area contributed by atoms with Crippen LogP contribution in [-0.4, -0.2) is 51.5 Å². The predicted molar refractivity (Wildman–Crippen MR) is 82.6 cm³/mol. The molecule has 3 heterocycles. The highest BCUT2D eigenvalue weighted by atomic mass is 19.4. The molecule has 1 saturated heterocycles. The number of hydrogen-bond acceptors (Lipinski definition) is 5. The van der Waals surface area contributed by atoms with Crippen molar-refractivity contribution in [2.75, 3.05) is 26.2 Å². The van der Waals surface area contributed by atoms with Crippen molar-refractivity contribution < 1.29 is 8.96 Å². The molecule has 23 heavy (non-hydrogen) atoms. The van der Waals surface area contributed by atoms with Gasteiger partial charge < -0.3 is 4.98 Å². The summed E-state index contributed by atoms with van der Waals surface area (Å²) >= 11 is 0. The lowest BCUT2D eigenvalue weighted by atomic mass is 10.1. The first-order valence-electron chi connectivity index (χ1n) is 7.66. The summed E-state index contributed by atoms with van der Waals surface area (Å²) in [7, 11) is 0. The molecular weight excluding hydrogens is 304 g/mol. The second-order valence-corrected chi connectivity index (χ2v) is 5.70. The molecule has 2 aromatic heterocycles. The standard InChI is InChI=1S/C15H19F2N5O/c1-2-12-8-13-14(19-15(12)23)7-11(9-18-13)10-20-3-5-21(6-4-20)22(16)17/h7-9H,2-6,10H2,1H3,(H,19,23). The van der Waals surface area contributed by atoms with Crippen molar-refractivity contribution in [1.29, 1.82) is 0 Å². The first kappa shape index (κ1) is 16.0. The van der Waals surface area contributed by atoms with Crippen molar-refractivity contribution in [3.05, 3.63) is 39.8 Å². The fraction of sp³-hybridized carbons (Fsp3) is 0.467. The lowest BCUT2D eigenvalue weighted by Crippen LogP contribution is -2.48. The Bertz CT molecular complexity index is 740. The molecule has 1 N–H and O–H groups in total. The van der Waals surface area contributed by atoms with Gasteiger partial charge in [0.25, 0.3) is 5.56 Å². The van der Waals surface area contributed by atoms with Gasteiger partial charge in [-0.15, -0.1) is 0 Å². The summed E-state index contributed by atoms with van der Waals surface area (Å²) in [6.45, 7) is 4.28. The molecule has 6 nitrogen and oxygen atoms in total. The van der Waals surface area contributed by atoms with E-state index in [1.54, 1.807) is 6.20 Å². The predicted octanol–water partition coefficient (Wildman–Crippen LogP) is 1.59. The molecule has 2 aromatic rings. The lowest BCUT2D eigenvalue weighted by Gasteiger charge is -2.33. The Labute approximate surface area is 132 Å². The van der Waals surface area contributed by atoms with Crippen LogP contribution in [0.2, 0.25) is 0 Å². The molecule has 8 heteroatoms. The third-order valence-electron chi connectivity index (χ3n) is 4.18. The van der Waals surface area contributed by atoms with Gasteiger partial charge in [-0.3, -0.25) is 14.7 Å². The number of nitrogens with zero attached hydrogens (tertiary/aromatic N) is 4. The van der Waals surface area contributed by atoms with Crippen molar-refractivity contribution in [2.24, 2.45) is 0 Å². The molecule has 3 rings (SSSR count). The molecule has 0 atom stereocenters. The number of fused-ring (bicyclic) bond motifs is 1. The van der Waals surface area contributed by atoms with E-state index < -0.39 is 5.45 Å². The van der Waals surface area contributed by atoms with E-state index in [-0.39, 0.29) is 5.56 Å². The minimum atomic E-state index is -0.842. The van der Waals surface area contributed by atoms with Gasteiger partial charge in [-0.25, -0.2) is 0 Å². The van der Waals surface area contributed by atoms with Gasteiger partial charge in [-0.05, 0) is 24.1 Å².